The number of hydrogen-bond donors (Lipinski definition) is 1. The molecule has 116 valence electrons. The Morgan fingerprint density at radius 2 is 1.90 bits per heavy atom. The molecule has 1 saturated heterocycles. The van der Waals surface area contributed by atoms with Crippen LogP contribution >= 0.6 is 0 Å². The summed E-state index contributed by atoms with van der Waals surface area (Å²) in [6.07, 6.45) is -2.56. The molecule has 1 N–H and O–H groups in total. The minimum atomic E-state index is -4.41. The quantitative estimate of drug-likeness (QED) is 0.825. The second-order valence-electron chi connectivity index (χ2n) is 5.63. The molecule has 6 heteroatoms. The molecule has 1 aromatic rings. The number of halogens is 3. The van der Waals surface area contributed by atoms with Crippen molar-refractivity contribution in [2.24, 2.45) is 5.92 Å². The van der Waals surface area contributed by atoms with Crippen molar-refractivity contribution in [2.45, 2.75) is 32.9 Å². The number of piperidine rings is 1. The van der Waals surface area contributed by atoms with Crippen LogP contribution in [0.3, 0.4) is 0 Å². The van der Waals surface area contributed by atoms with E-state index in [1.54, 1.807) is 11.8 Å². The van der Waals surface area contributed by atoms with E-state index in [1.165, 1.54) is 6.07 Å². The topological polar surface area (TPSA) is 32.3 Å². The molecular weight excluding hydrogens is 281 g/mol. The highest BCUT2D eigenvalue weighted by molar-refractivity contribution is 5.90. The first-order valence-corrected chi connectivity index (χ1v) is 7.01. The Hall–Kier alpha value is -1.72. The SMILES string of the molecule is Cc1ccc(C(F)(F)F)cc1NC(=O)N1CCC(C)CC1. The summed E-state index contributed by atoms with van der Waals surface area (Å²) in [6, 6.07) is 3.05. The molecule has 0 radical (unpaired) electrons. The standard InChI is InChI=1S/C15H19F3N2O/c1-10-5-7-20(8-6-10)14(21)19-13-9-12(15(16,17)18)4-3-11(13)2/h3-4,9-10H,5-8H2,1-2H3,(H,19,21). The third-order valence-corrected chi connectivity index (χ3v) is 3.88. The largest absolute Gasteiger partial charge is 0.416 e. The lowest BCUT2D eigenvalue weighted by molar-refractivity contribution is -0.137. The van der Waals surface area contributed by atoms with E-state index in [9.17, 15) is 18.0 Å². The first-order chi connectivity index (χ1) is 9.77. The van der Waals surface area contributed by atoms with Crippen LogP contribution in [0.5, 0.6) is 0 Å². The minimum Gasteiger partial charge on any atom is -0.325 e. The van der Waals surface area contributed by atoms with Crippen molar-refractivity contribution in [1.29, 1.82) is 0 Å². The number of carbonyl (C=O) groups excluding carboxylic acids is 1. The summed E-state index contributed by atoms with van der Waals surface area (Å²) in [5.74, 6) is 0.587. The molecule has 0 unspecified atom stereocenters. The Morgan fingerprint density at radius 1 is 1.29 bits per heavy atom. The van der Waals surface area contributed by atoms with Crippen LogP contribution in [0, 0.1) is 12.8 Å². The number of nitrogens with zero attached hydrogens (tertiary/aromatic N) is 1. The molecule has 2 rings (SSSR count). The molecule has 0 aliphatic carbocycles. The molecule has 21 heavy (non-hydrogen) atoms. The predicted octanol–water partition coefficient (Wildman–Crippen LogP) is 4.28. The number of rotatable bonds is 1. The summed E-state index contributed by atoms with van der Waals surface area (Å²) >= 11 is 0. The van der Waals surface area contributed by atoms with Gasteiger partial charge in [0.2, 0.25) is 0 Å². The number of amides is 2. The molecule has 1 aromatic carbocycles. The molecule has 3 nitrogen and oxygen atoms in total. The van der Waals surface area contributed by atoms with Crippen molar-refractivity contribution in [3.05, 3.63) is 29.3 Å². The van der Waals surface area contributed by atoms with Gasteiger partial charge in [0.15, 0.2) is 0 Å². The molecule has 1 fully saturated rings. The molecule has 0 saturated carbocycles. The van der Waals surface area contributed by atoms with Gasteiger partial charge in [-0.3, -0.25) is 0 Å². The van der Waals surface area contributed by atoms with Gasteiger partial charge in [0.05, 0.1) is 5.56 Å². The minimum absolute atomic E-state index is 0.216. The van der Waals surface area contributed by atoms with Gasteiger partial charge in [-0.25, -0.2) is 4.79 Å². The lowest BCUT2D eigenvalue weighted by atomic mass is 10.00. The summed E-state index contributed by atoms with van der Waals surface area (Å²) in [5.41, 5.74) is 0.0749. The van der Waals surface area contributed by atoms with Crippen LogP contribution in [-0.2, 0) is 6.18 Å². The Morgan fingerprint density at radius 3 is 2.48 bits per heavy atom. The monoisotopic (exact) mass is 300 g/mol. The van der Waals surface area contributed by atoms with Crippen molar-refractivity contribution in [3.8, 4) is 0 Å². The number of anilines is 1. The molecule has 1 heterocycles. The molecule has 1 aliphatic heterocycles. The van der Waals surface area contributed by atoms with Crippen LogP contribution in [0.15, 0.2) is 18.2 Å². The van der Waals surface area contributed by atoms with Crippen LogP contribution in [0.25, 0.3) is 0 Å². The zero-order valence-electron chi connectivity index (χ0n) is 12.1. The van der Waals surface area contributed by atoms with Crippen molar-refractivity contribution in [3.63, 3.8) is 0 Å². The van der Waals surface area contributed by atoms with Crippen LogP contribution in [0.1, 0.15) is 30.9 Å². The number of carbonyl (C=O) groups is 1. The number of benzene rings is 1. The van der Waals surface area contributed by atoms with E-state index in [2.05, 4.69) is 12.2 Å². The number of hydrogen-bond acceptors (Lipinski definition) is 1. The number of aryl methyl sites for hydroxylation is 1. The molecule has 1 aliphatic rings. The van der Waals surface area contributed by atoms with Gasteiger partial charge in [0, 0.05) is 18.8 Å². The average Bonchev–Trinajstić information content (AvgIpc) is 2.40. The normalized spacial score (nSPS) is 16.9. The maximum atomic E-state index is 12.7. The Labute approximate surface area is 122 Å². The van der Waals surface area contributed by atoms with Crippen LogP contribution < -0.4 is 5.32 Å². The predicted molar refractivity (Wildman–Crippen MR) is 75.2 cm³/mol. The summed E-state index contributed by atoms with van der Waals surface area (Å²) in [4.78, 5) is 13.8. The van der Waals surface area contributed by atoms with Crippen LogP contribution in [-0.4, -0.2) is 24.0 Å². The van der Waals surface area contributed by atoms with E-state index in [1.807, 2.05) is 0 Å². The molecular formula is C15H19F3N2O. The third kappa shape index (κ3) is 3.89. The second kappa shape index (κ2) is 5.95. The number of likely N-dealkylation sites (tertiary alicyclic amines) is 1. The second-order valence-corrected chi connectivity index (χ2v) is 5.63. The summed E-state index contributed by atoms with van der Waals surface area (Å²) < 4.78 is 38.1. The van der Waals surface area contributed by atoms with E-state index in [0.717, 1.165) is 25.0 Å². The lowest BCUT2D eigenvalue weighted by Crippen LogP contribution is -2.40. The van der Waals surface area contributed by atoms with Gasteiger partial charge in [-0.05, 0) is 43.4 Å². The Kier molecular flexibility index (Phi) is 4.44. The lowest BCUT2D eigenvalue weighted by Gasteiger charge is -2.30. The maximum absolute atomic E-state index is 12.7. The first-order valence-electron chi connectivity index (χ1n) is 7.01. The maximum Gasteiger partial charge on any atom is 0.416 e. The number of urea groups is 1. The average molecular weight is 300 g/mol. The zero-order valence-corrected chi connectivity index (χ0v) is 12.1. The fourth-order valence-corrected chi connectivity index (χ4v) is 2.34. The van der Waals surface area contributed by atoms with E-state index in [-0.39, 0.29) is 11.7 Å². The third-order valence-electron chi connectivity index (χ3n) is 3.88. The molecule has 2 amide bonds. The zero-order chi connectivity index (χ0) is 15.6. The van der Waals surface area contributed by atoms with Crippen molar-refractivity contribution in [1.82, 2.24) is 4.90 Å². The van der Waals surface area contributed by atoms with Gasteiger partial charge < -0.3 is 10.2 Å². The van der Waals surface area contributed by atoms with Gasteiger partial charge in [-0.15, -0.1) is 0 Å². The van der Waals surface area contributed by atoms with Crippen LogP contribution in [0.2, 0.25) is 0 Å². The molecule has 0 spiro atoms. The van der Waals surface area contributed by atoms with Crippen molar-refractivity contribution < 1.29 is 18.0 Å². The highest BCUT2D eigenvalue weighted by Gasteiger charge is 2.31. The summed E-state index contributed by atoms with van der Waals surface area (Å²) in [6.45, 7) is 5.09. The molecule has 0 aromatic heterocycles. The van der Waals surface area contributed by atoms with Gasteiger partial charge >= 0.3 is 12.2 Å². The van der Waals surface area contributed by atoms with E-state index in [4.69, 9.17) is 0 Å². The van der Waals surface area contributed by atoms with Gasteiger partial charge in [0.1, 0.15) is 0 Å². The fraction of sp³-hybridized carbons (Fsp3) is 0.533. The van der Waals surface area contributed by atoms with Crippen molar-refractivity contribution in [2.75, 3.05) is 18.4 Å². The van der Waals surface area contributed by atoms with Gasteiger partial charge in [0.25, 0.3) is 0 Å². The molecule has 0 bridgehead atoms. The highest BCUT2D eigenvalue weighted by Crippen LogP contribution is 2.32. The van der Waals surface area contributed by atoms with Crippen LogP contribution in [0.4, 0.5) is 23.7 Å². The smallest absolute Gasteiger partial charge is 0.325 e. The van der Waals surface area contributed by atoms with Crippen molar-refractivity contribution >= 4 is 11.7 Å². The Bertz CT molecular complexity index is 520. The van der Waals surface area contributed by atoms with E-state index in [0.29, 0.717) is 24.6 Å². The fourth-order valence-electron chi connectivity index (χ4n) is 2.34. The summed E-state index contributed by atoms with van der Waals surface area (Å²) in [5, 5.41) is 2.59. The van der Waals surface area contributed by atoms with Gasteiger partial charge in [-0.1, -0.05) is 13.0 Å². The van der Waals surface area contributed by atoms with Gasteiger partial charge in [-0.2, -0.15) is 13.2 Å². The Balaban J connectivity index is 2.10. The summed E-state index contributed by atoms with van der Waals surface area (Å²) in [7, 11) is 0. The van der Waals surface area contributed by atoms with E-state index >= 15 is 0 Å². The first kappa shape index (κ1) is 15.7. The highest BCUT2D eigenvalue weighted by atomic mass is 19.4. The number of nitrogens with one attached hydrogen (secondary N) is 1. The van der Waals surface area contributed by atoms with E-state index < -0.39 is 11.7 Å². The molecule has 0 atom stereocenters. The number of alkyl halides is 3.